The standard InChI is InChI=1S/C18H26N2O2/c1-18(2,3)22-17(21)20-10-5-4-6-14-7-8-16-13-19-11-9-15(16)12-14/h4,6-8,12,19H,5,9-11,13H2,1-3H3,(H,20,21). The molecule has 1 heterocycles. The fourth-order valence-electron chi connectivity index (χ4n) is 2.39. The van der Waals surface area contributed by atoms with Crippen molar-refractivity contribution in [1.82, 2.24) is 10.6 Å². The maximum Gasteiger partial charge on any atom is 0.407 e. The Morgan fingerprint density at radius 2 is 2.18 bits per heavy atom. The van der Waals surface area contributed by atoms with Gasteiger partial charge in [0.25, 0.3) is 0 Å². The zero-order chi connectivity index (χ0) is 16.0. The molecule has 1 aromatic carbocycles. The normalized spacial score (nSPS) is 14.7. The molecule has 4 nitrogen and oxygen atoms in total. The van der Waals surface area contributed by atoms with Crippen LogP contribution in [0.2, 0.25) is 0 Å². The number of fused-ring (bicyclic) bond motifs is 1. The van der Waals surface area contributed by atoms with Crippen molar-refractivity contribution < 1.29 is 9.53 Å². The molecule has 2 rings (SSSR count). The van der Waals surface area contributed by atoms with Crippen molar-refractivity contribution in [3.05, 3.63) is 41.0 Å². The molecular formula is C18H26N2O2. The van der Waals surface area contributed by atoms with E-state index in [4.69, 9.17) is 4.74 Å². The van der Waals surface area contributed by atoms with E-state index >= 15 is 0 Å². The minimum atomic E-state index is -0.447. The molecular weight excluding hydrogens is 276 g/mol. The number of ether oxygens (including phenoxy) is 1. The van der Waals surface area contributed by atoms with Crippen molar-refractivity contribution in [3.63, 3.8) is 0 Å². The second kappa shape index (κ2) is 7.45. The second-order valence-electron chi connectivity index (χ2n) is 6.57. The molecule has 22 heavy (non-hydrogen) atoms. The van der Waals surface area contributed by atoms with Gasteiger partial charge in [-0.2, -0.15) is 0 Å². The quantitative estimate of drug-likeness (QED) is 0.839. The molecule has 0 radical (unpaired) electrons. The van der Waals surface area contributed by atoms with Crippen molar-refractivity contribution in [1.29, 1.82) is 0 Å². The third kappa shape index (κ3) is 5.53. The molecule has 0 aliphatic carbocycles. The first kappa shape index (κ1) is 16.6. The molecule has 0 spiro atoms. The summed E-state index contributed by atoms with van der Waals surface area (Å²) in [6, 6.07) is 6.59. The van der Waals surface area contributed by atoms with Crippen LogP contribution in [-0.2, 0) is 17.7 Å². The Kier molecular flexibility index (Phi) is 5.61. The summed E-state index contributed by atoms with van der Waals surface area (Å²) in [7, 11) is 0. The topological polar surface area (TPSA) is 50.4 Å². The largest absolute Gasteiger partial charge is 0.444 e. The van der Waals surface area contributed by atoms with Gasteiger partial charge in [0.2, 0.25) is 0 Å². The number of hydrogen-bond donors (Lipinski definition) is 2. The summed E-state index contributed by atoms with van der Waals surface area (Å²) >= 11 is 0. The lowest BCUT2D eigenvalue weighted by Crippen LogP contribution is -2.32. The van der Waals surface area contributed by atoms with Crippen LogP contribution in [0.15, 0.2) is 24.3 Å². The van der Waals surface area contributed by atoms with Crippen LogP contribution in [0.1, 0.15) is 43.9 Å². The Morgan fingerprint density at radius 3 is 2.95 bits per heavy atom. The summed E-state index contributed by atoms with van der Waals surface area (Å²) < 4.78 is 5.18. The highest BCUT2D eigenvalue weighted by Crippen LogP contribution is 2.16. The molecule has 0 saturated carbocycles. The molecule has 0 fully saturated rings. The van der Waals surface area contributed by atoms with E-state index < -0.39 is 5.60 Å². The van der Waals surface area contributed by atoms with Gasteiger partial charge in [-0.3, -0.25) is 0 Å². The first-order valence-corrected chi connectivity index (χ1v) is 7.90. The Morgan fingerprint density at radius 1 is 1.36 bits per heavy atom. The van der Waals surface area contributed by atoms with Crippen LogP contribution < -0.4 is 10.6 Å². The fourth-order valence-corrected chi connectivity index (χ4v) is 2.39. The molecule has 1 aromatic rings. The van der Waals surface area contributed by atoms with Crippen LogP contribution >= 0.6 is 0 Å². The smallest absolute Gasteiger partial charge is 0.407 e. The van der Waals surface area contributed by atoms with Crippen LogP contribution in [0.4, 0.5) is 4.79 Å². The summed E-state index contributed by atoms with van der Waals surface area (Å²) in [4.78, 5) is 11.5. The van der Waals surface area contributed by atoms with E-state index in [2.05, 4.69) is 41.0 Å². The molecule has 0 aromatic heterocycles. The molecule has 1 aliphatic heterocycles. The molecule has 0 bridgehead atoms. The van der Waals surface area contributed by atoms with Gasteiger partial charge in [-0.25, -0.2) is 4.79 Å². The van der Waals surface area contributed by atoms with Gasteiger partial charge in [-0.15, -0.1) is 0 Å². The monoisotopic (exact) mass is 302 g/mol. The Labute approximate surface area is 132 Å². The lowest BCUT2D eigenvalue weighted by Gasteiger charge is -2.19. The molecule has 1 aliphatic rings. The molecule has 0 unspecified atom stereocenters. The summed E-state index contributed by atoms with van der Waals surface area (Å²) in [5.41, 5.74) is 3.61. The van der Waals surface area contributed by atoms with Gasteiger partial charge in [-0.05, 0) is 56.8 Å². The lowest BCUT2D eigenvalue weighted by atomic mass is 9.98. The van der Waals surface area contributed by atoms with E-state index in [1.807, 2.05) is 20.8 Å². The van der Waals surface area contributed by atoms with E-state index in [0.717, 1.165) is 25.9 Å². The van der Waals surface area contributed by atoms with Crippen LogP contribution in [0.25, 0.3) is 6.08 Å². The van der Waals surface area contributed by atoms with Crippen LogP contribution in [0.3, 0.4) is 0 Å². The van der Waals surface area contributed by atoms with Crippen molar-refractivity contribution in [2.75, 3.05) is 13.1 Å². The maximum atomic E-state index is 11.5. The van der Waals surface area contributed by atoms with Gasteiger partial charge in [-0.1, -0.05) is 30.4 Å². The van der Waals surface area contributed by atoms with Gasteiger partial charge in [0.15, 0.2) is 0 Å². The summed E-state index contributed by atoms with van der Waals surface area (Å²) in [5, 5.41) is 6.13. The van der Waals surface area contributed by atoms with Crippen LogP contribution in [0, 0.1) is 0 Å². The summed E-state index contributed by atoms with van der Waals surface area (Å²) in [6.45, 7) is 8.19. The highest BCUT2D eigenvalue weighted by Gasteiger charge is 2.15. The third-order valence-corrected chi connectivity index (χ3v) is 3.41. The van der Waals surface area contributed by atoms with Crippen molar-refractivity contribution in [2.24, 2.45) is 0 Å². The number of alkyl carbamates (subject to hydrolysis) is 1. The number of benzene rings is 1. The minimum absolute atomic E-state index is 0.359. The minimum Gasteiger partial charge on any atom is -0.444 e. The maximum absolute atomic E-state index is 11.5. The Balaban J connectivity index is 1.75. The zero-order valence-electron chi connectivity index (χ0n) is 13.7. The van der Waals surface area contributed by atoms with Crippen molar-refractivity contribution >= 4 is 12.2 Å². The molecule has 120 valence electrons. The zero-order valence-corrected chi connectivity index (χ0v) is 13.7. The molecule has 4 heteroatoms. The first-order chi connectivity index (χ1) is 10.4. The van der Waals surface area contributed by atoms with Gasteiger partial charge < -0.3 is 15.4 Å². The predicted molar refractivity (Wildman–Crippen MR) is 89.7 cm³/mol. The van der Waals surface area contributed by atoms with Gasteiger partial charge >= 0.3 is 6.09 Å². The highest BCUT2D eigenvalue weighted by molar-refractivity contribution is 5.67. The summed E-state index contributed by atoms with van der Waals surface area (Å²) in [5.74, 6) is 0. The average molecular weight is 302 g/mol. The highest BCUT2D eigenvalue weighted by atomic mass is 16.6. The van der Waals surface area contributed by atoms with E-state index in [0.29, 0.717) is 6.54 Å². The van der Waals surface area contributed by atoms with Crippen LogP contribution in [-0.4, -0.2) is 24.8 Å². The number of carbonyl (C=O) groups excluding carboxylic acids is 1. The lowest BCUT2D eigenvalue weighted by molar-refractivity contribution is 0.0529. The molecule has 2 N–H and O–H groups in total. The number of hydrogen-bond acceptors (Lipinski definition) is 3. The number of carbonyl (C=O) groups is 1. The van der Waals surface area contributed by atoms with E-state index in [1.54, 1.807) is 0 Å². The second-order valence-corrected chi connectivity index (χ2v) is 6.57. The first-order valence-electron chi connectivity index (χ1n) is 7.90. The van der Waals surface area contributed by atoms with E-state index in [-0.39, 0.29) is 6.09 Å². The molecule has 0 atom stereocenters. The van der Waals surface area contributed by atoms with Gasteiger partial charge in [0.05, 0.1) is 0 Å². The number of rotatable bonds is 4. The summed E-state index contributed by atoms with van der Waals surface area (Å²) in [6.07, 6.45) is 5.72. The van der Waals surface area contributed by atoms with Crippen molar-refractivity contribution in [2.45, 2.75) is 45.8 Å². The van der Waals surface area contributed by atoms with Crippen molar-refractivity contribution in [3.8, 4) is 0 Å². The Bertz CT molecular complexity index is 545. The van der Waals surface area contributed by atoms with Gasteiger partial charge in [0.1, 0.15) is 5.60 Å². The predicted octanol–water partition coefficient (Wildman–Crippen LogP) is 3.26. The molecule has 0 saturated heterocycles. The Hall–Kier alpha value is -1.81. The fraction of sp³-hybridized carbons (Fsp3) is 0.500. The third-order valence-electron chi connectivity index (χ3n) is 3.41. The van der Waals surface area contributed by atoms with E-state index in [1.165, 1.54) is 16.7 Å². The van der Waals surface area contributed by atoms with E-state index in [9.17, 15) is 4.79 Å². The number of nitrogens with one attached hydrogen (secondary N) is 2. The SMILES string of the molecule is CC(C)(C)OC(=O)NCCC=Cc1ccc2c(c1)CCNC2. The average Bonchev–Trinajstić information content (AvgIpc) is 2.45. The van der Waals surface area contributed by atoms with Crippen LogP contribution in [0.5, 0.6) is 0 Å². The van der Waals surface area contributed by atoms with Gasteiger partial charge in [0, 0.05) is 13.1 Å². The number of amides is 1. The molecule has 1 amide bonds.